The summed E-state index contributed by atoms with van der Waals surface area (Å²) >= 11 is 0. The number of anilines is 1. The van der Waals surface area contributed by atoms with E-state index in [4.69, 9.17) is 10.3 Å². The zero-order valence-corrected chi connectivity index (χ0v) is 11.1. The number of benzene rings is 1. The standard InChI is InChI=1S/C12H16N2O4S/c13-12(15)9-5-7-14(8-6-9)10-1-3-11(4-2-10)19(16,17)18/h1-4,9H,5-8H2,(H2,13,15)(H,16,17,18). The number of primary amides is 1. The second-order valence-electron chi connectivity index (χ2n) is 4.63. The largest absolute Gasteiger partial charge is 0.371 e. The summed E-state index contributed by atoms with van der Waals surface area (Å²) in [6, 6.07) is 6.02. The van der Waals surface area contributed by atoms with Gasteiger partial charge in [0, 0.05) is 24.7 Å². The fourth-order valence-corrected chi connectivity index (χ4v) is 2.73. The Bertz CT molecular complexity index is 560. The van der Waals surface area contributed by atoms with Gasteiger partial charge in [-0.3, -0.25) is 9.35 Å². The van der Waals surface area contributed by atoms with E-state index in [1.54, 1.807) is 12.1 Å². The van der Waals surface area contributed by atoms with Gasteiger partial charge >= 0.3 is 0 Å². The molecule has 19 heavy (non-hydrogen) atoms. The molecule has 0 radical (unpaired) electrons. The highest BCUT2D eigenvalue weighted by molar-refractivity contribution is 7.85. The summed E-state index contributed by atoms with van der Waals surface area (Å²) in [6.07, 6.45) is 1.41. The summed E-state index contributed by atoms with van der Waals surface area (Å²) in [7, 11) is -4.15. The van der Waals surface area contributed by atoms with Crippen molar-refractivity contribution in [1.82, 2.24) is 0 Å². The molecule has 0 unspecified atom stereocenters. The molecule has 0 bridgehead atoms. The molecule has 6 nitrogen and oxygen atoms in total. The lowest BCUT2D eigenvalue weighted by atomic mass is 9.96. The van der Waals surface area contributed by atoms with E-state index in [2.05, 4.69) is 4.90 Å². The molecule has 1 fully saturated rings. The second kappa shape index (κ2) is 5.18. The molecule has 2 rings (SSSR count). The number of amides is 1. The number of nitrogens with two attached hydrogens (primary N) is 1. The molecular formula is C12H16N2O4S. The quantitative estimate of drug-likeness (QED) is 0.793. The van der Waals surface area contributed by atoms with Crippen molar-refractivity contribution in [2.24, 2.45) is 11.7 Å². The minimum Gasteiger partial charge on any atom is -0.371 e. The van der Waals surface area contributed by atoms with E-state index in [0.29, 0.717) is 25.9 Å². The van der Waals surface area contributed by atoms with Crippen molar-refractivity contribution in [2.75, 3.05) is 18.0 Å². The van der Waals surface area contributed by atoms with Crippen LogP contribution in [0.1, 0.15) is 12.8 Å². The highest BCUT2D eigenvalue weighted by atomic mass is 32.2. The van der Waals surface area contributed by atoms with Gasteiger partial charge in [0.15, 0.2) is 0 Å². The van der Waals surface area contributed by atoms with Crippen LogP contribution in [0.25, 0.3) is 0 Å². The lowest BCUT2D eigenvalue weighted by Gasteiger charge is -2.32. The number of hydrogen-bond donors (Lipinski definition) is 2. The lowest BCUT2D eigenvalue weighted by molar-refractivity contribution is -0.122. The van der Waals surface area contributed by atoms with E-state index in [9.17, 15) is 13.2 Å². The molecule has 0 spiro atoms. The van der Waals surface area contributed by atoms with E-state index in [0.717, 1.165) is 5.69 Å². The minimum absolute atomic E-state index is 0.0756. The number of piperidine rings is 1. The number of carbonyl (C=O) groups excluding carboxylic acids is 1. The number of hydrogen-bond acceptors (Lipinski definition) is 4. The van der Waals surface area contributed by atoms with Crippen molar-refractivity contribution in [2.45, 2.75) is 17.7 Å². The van der Waals surface area contributed by atoms with Crippen LogP contribution in [0.5, 0.6) is 0 Å². The smallest absolute Gasteiger partial charge is 0.294 e. The third-order valence-corrected chi connectivity index (χ3v) is 4.26. The summed E-state index contributed by atoms with van der Waals surface area (Å²) in [5.74, 6) is -0.338. The molecule has 3 N–H and O–H groups in total. The number of carbonyl (C=O) groups is 1. The lowest BCUT2D eigenvalue weighted by Crippen LogP contribution is -2.38. The average molecular weight is 284 g/mol. The second-order valence-corrected chi connectivity index (χ2v) is 6.05. The van der Waals surface area contributed by atoms with Crippen molar-refractivity contribution < 1.29 is 17.8 Å². The Hall–Kier alpha value is -1.60. The average Bonchev–Trinajstić information content (AvgIpc) is 2.38. The van der Waals surface area contributed by atoms with Crippen molar-refractivity contribution >= 4 is 21.7 Å². The maximum Gasteiger partial charge on any atom is 0.294 e. The summed E-state index contributed by atoms with van der Waals surface area (Å²) in [4.78, 5) is 13.0. The molecule has 0 atom stereocenters. The first-order valence-electron chi connectivity index (χ1n) is 6.00. The van der Waals surface area contributed by atoms with E-state index < -0.39 is 10.1 Å². The van der Waals surface area contributed by atoms with Gasteiger partial charge in [0.2, 0.25) is 5.91 Å². The Morgan fingerprint density at radius 2 is 1.74 bits per heavy atom. The Kier molecular flexibility index (Phi) is 3.77. The van der Waals surface area contributed by atoms with E-state index in [1.807, 2.05) is 0 Å². The molecular weight excluding hydrogens is 268 g/mol. The van der Waals surface area contributed by atoms with Gasteiger partial charge in [-0.05, 0) is 37.1 Å². The molecule has 104 valence electrons. The van der Waals surface area contributed by atoms with Crippen LogP contribution in [0, 0.1) is 5.92 Å². The molecule has 1 aliphatic heterocycles. The predicted octanol–water partition coefficient (Wildman–Crippen LogP) is 0.635. The summed E-state index contributed by atoms with van der Waals surface area (Å²) in [5, 5.41) is 0. The van der Waals surface area contributed by atoms with Crippen LogP contribution in [0.3, 0.4) is 0 Å². The first-order valence-corrected chi connectivity index (χ1v) is 7.44. The fraction of sp³-hybridized carbons (Fsp3) is 0.417. The first-order chi connectivity index (χ1) is 8.88. The first kappa shape index (κ1) is 13.8. The van der Waals surface area contributed by atoms with Gasteiger partial charge in [-0.1, -0.05) is 0 Å². The Balaban J connectivity index is 2.06. The third-order valence-electron chi connectivity index (χ3n) is 3.40. The maximum absolute atomic E-state index is 11.1. The van der Waals surface area contributed by atoms with Gasteiger partial charge in [0.05, 0.1) is 4.90 Å². The molecule has 1 heterocycles. The molecule has 0 aromatic heterocycles. The molecule has 1 aliphatic rings. The van der Waals surface area contributed by atoms with Gasteiger partial charge in [-0.15, -0.1) is 0 Å². The Labute approximate surface area is 112 Å². The molecule has 0 saturated carbocycles. The minimum atomic E-state index is -4.15. The normalized spacial score (nSPS) is 17.4. The van der Waals surface area contributed by atoms with Crippen LogP contribution in [0.2, 0.25) is 0 Å². The van der Waals surface area contributed by atoms with Gasteiger partial charge < -0.3 is 10.6 Å². The SMILES string of the molecule is NC(=O)C1CCN(c2ccc(S(=O)(=O)O)cc2)CC1. The van der Waals surface area contributed by atoms with Crippen LogP contribution in [0.4, 0.5) is 5.69 Å². The van der Waals surface area contributed by atoms with Crippen LogP contribution in [-0.2, 0) is 14.9 Å². The highest BCUT2D eigenvalue weighted by Crippen LogP contribution is 2.24. The zero-order valence-electron chi connectivity index (χ0n) is 10.3. The number of rotatable bonds is 3. The molecule has 7 heteroatoms. The molecule has 1 aromatic rings. The van der Waals surface area contributed by atoms with Crippen molar-refractivity contribution in [1.29, 1.82) is 0 Å². The summed E-state index contributed by atoms with van der Waals surface area (Å²) in [6.45, 7) is 1.41. The van der Waals surface area contributed by atoms with Crippen LogP contribution in [0.15, 0.2) is 29.2 Å². The third kappa shape index (κ3) is 3.24. The summed E-state index contributed by atoms with van der Waals surface area (Å²) < 4.78 is 30.8. The molecule has 0 aliphatic carbocycles. The van der Waals surface area contributed by atoms with E-state index in [1.165, 1.54) is 12.1 Å². The monoisotopic (exact) mass is 284 g/mol. The Morgan fingerprint density at radius 1 is 1.21 bits per heavy atom. The van der Waals surface area contributed by atoms with Gasteiger partial charge in [0.1, 0.15) is 0 Å². The van der Waals surface area contributed by atoms with Crippen molar-refractivity contribution in [3.8, 4) is 0 Å². The molecule has 1 saturated heterocycles. The highest BCUT2D eigenvalue weighted by Gasteiger charge is 2.23. The van der Waals surface area contributed by atoms with Crippen LogP contribution in [-0.4, -0.2) is 32.0 Å². The molecule has 1 aromatic carbocycles. The Morgan fingerprint density at radius 3 is 2.16 bits per heavy atom. The summed E-state index contributed by atoms with van der Waals surface area (Å²) in [5.41, 5.74) is 6.14. The van der Waals surface area contributed by atoms with Crippen LogP contribution < -0.4 is 10.6 Å². The van der Waals surface area contributed by atoms with Crippen molar-refractivity contribution in [3.63, 3.8) is 0 Å². The maximum atomic E-state index is 11.1. The van der Waals surface area contributed by atoms with Crippen molar-refractivity contribution in [3.05, 3.63) is 24.3 Å². The van der Waals surface area contributed by atoms with Gasteiger partial charge in [0.25, 0.3) is 10.1 Å². The fourth-order valence-electron chi connectivity index (χ4n) is 2.25. The molecule has 1 amide bonds. The van der Waals surface area contributed by atoms with Gasteiger partial charge in [-0.2, -0.15) is 8.42 Å². The van der Waals surface area contributed by atoms with E-state index in [-0.39, 0.29) is 16.7 Å². The van der Waals surface area contributed by atoms with E-state index >= 15 is 0 Å². The zero-order chi connectivity index (χ0) is 14.0. The predicted molar refractivity (Wildman–Crippen MR) is 70.4 cm³/mol. The van der Waals surface area contributed by atoms with Crippen LogP contribution >= 0.6 is 0 Å². The van der Waals surface area contributed by atoms with Gasteiger partial charge in [-0.25, -0.2) is 0 Å². The topological polar surface area (TPSA) is 101 Å². The number of nitrogens with zero attached hydrogens (tertiary/aromatic N) is 1.